The molecule has 0 aliphatic heterocycles. The number of rotatable bonds is 4. The van der Waals surface area contributed by atoms with Crippen LogP contribution < -0.4 is 10.2 Å². The smallest absolute Gasteiger partial charge is 0.192 e. The third-order valence-electron chi connectivity index (χ3n) is 5.68. The second-order valence-corrected chi connectivity index (χ2v) is 7.27. The van der Waals surface area contributed by atoms with E-state index < -0.39 is 0 Å². The van der Waals surface area contributed by atoms with Crippen LogP contribution in [0.15, 0.2) is 23.0 Å². The van der Waals surface area contributed by atoms with Crippen LogP contribution in [0.5, 0.6) is 5.75 Å². The molecule has 1 aromatic carbocycles. The lowest BCUT2D eigenvalue weighted by molar-refractivity contribution is 0.414. The average molecular weight is 322 g/mol. The molecule has 1 fully saturated rings. The van der Waals surface area contributed by atoms with Gasteiger partial charge in [0.05, 0.1) is 18.7 Å². The third kappa shape index (κ3) is 2.39. The van der Waals surface area contributed by atoms with Crippen LogP contribution in [0.1, 0.15) is 43.4 Å². The summed E-state index contributed by atoms with van der Waals surface area (Å²) >= 11 is 0. The molecule has 0 atom stereocenters. The van der Waals surface area contributed by atoms with Gasteiger partial charge in [0, 0.05) is 35.0 Å². The highest BCUT2D eigenvalue weighted by atomic mass is 16.5. The zero-order valence-corrected chi connectivity index (χ0v) is 14.1. The van der Waals surface area contributed by atoms with Gasteiger partial charge in [0.25, 0.3) is 0 Å². The third-order valence-corrected chi connectivity index (χ3v) is 5.68. The van der Waals surface area contributed by atoms with Crippen LogP contribution in [0.3, 0.4) is 0 Å². The fourth-order valence-corrected chi connectivity index (χ4v) is 4.05. The molecule has 4 nitrogen and oxygen atoms in total. The molecule has 2 aliphatic rings. The van der Waals surface area contributed by atoms with Gasteiger partial charge in [-0.1, -0.05) is 0 Å². The van der Waals surface area contributed by atoms with Crippen LogP contribution in [-0.2, 0) is 19.4 Å². The molecule has 0 unspecified atom stereocenters. The molecule has 0 N–H and O–H groups in total. The number of hydrogen-bond donors (Lipinski definition) is 0. The van der Waals surface area contributed by atoms with E-state index in [9.17, 15) is 4.79 Å². The van der Waals surface area contributed by atoms with Gasteiger partial charge in [-0.2, -0.15) is 5.26 Å². The summed E-state index contributed by atoms with van der Waals surface area (Å²) in [6, 6.07) is 8.16. The lowest BCUT2D eigenvalue weighted by Crippen LogP contribution is -2.26. The number of nitrogens with zero attached hydrogens (tertiary/aromatic N) is 2. The van der Waals surface area contributed by atoms with Crippen molar-refractivity contribution in [2.75, 3.05) is 7.11 Å². The first-order valence-electron chi connectivity index (χ1n) is 8.77. The molecule has 2 aromatic rings. The van der Waals surface area contributed by atoms with E-state index in [1.807, 2.05) is 18.2 Å². The molecule has 1 saturated carbocycles. The SMILES string of the molecule is COc1ccc2c(c1)c(=O)c1c(n2CC2(CC#N)CC2)CCCC1. The second-order valence-electron chi connectivity index (χ2n) is 7.27. The van der Waals surface area contributed by atoms with E-state index in [-0.39, 0.29) is 10.8 Å². The molecule has 1 aromatic heterocycles. The van der Waals surface area contributed by atoms with E-state index >= 15 is 0 Å². The first-order chi connectivity index (χ1) is 11.7. The fourth-order valence-electron chi connectivity index (χ4n) is 4.05. The molecular weight excluding hydrogens is 300 g/mol. The first kappa shape index (κ1) is 15.3. The van der Waals surface area contributed by atoms with Crippen LogP contribution in [0.25, 0.3) is 10.9 Å². The quantitative estimate of drug-likeness (QED) is 0.864. The van der Waals surface area contributed by atoms with E-state index in [1.165, 1.54) is 5.69 Å². The van der Waals surface area contributed by atoms with E-state index in [0.717, 1.165) is 67.3 Å². The minimum Gasteiger partial charge on any atom is -0.497 e. The summed E-state index contributed by atoms with van der Waals surface area (Å²) in [5.74, 6) is 0.722. The highest BCUT2D eigenvalue weighted by molar-refractivity contribution is 5.82. The van der Waals surface area contributed by atoms with Crippen molar-refractivity contribution in [3.8, 4) is 11.8 Å². The Labute approximate surface area is 141 Å². The Kier molecular flexibility index (Phi) is 3.60. The standard InChI is InChI=1S/C20H22N2O2/c1-24-14-6-7-18-16(12-14)19(23)15-4-2-3-5-17(15)22(18)13-20(8-9-20)10-11-21/h6-7,12H,2-5,8-10,13H2,1H3. The van der Waals surface area contributed by atoms with E-state index in [0.29, 0.717) is 6.42 Å². The van der Waals surface area contributed by atoms with E-state index in [4.69, 9.17) is 10.00 Å². The number of nitriles is 1. The Morgan fingerprint density at radius 2 is 2.08 bits per heavy atom. The predicted octanol–water partition coefficient (Wildman–Crippen LogP) is 3.58. The number of pyridine rings is 1. The van der Waals surface area contributed by atoms with Gasteiger partial charge in [0.15, 0.2) is 5.43 Å². The van der Waals surface area contributed by atoms with Crippen LogP contribution in [0, 0.1) is 16.7 Å². The maximum Gasteiger partial charge on any atom is 0.192 e. The van der Waals surface area contributed by atoms with Crippen molar-refractivity contribution in [3.63, 3.8) is 0 Å². The normalized spacial score (nSPS) is 18.0. The summed E-state index contributed by atoms with van der Waals surface area (Å²) < 4.78 is 7.66. The van der Waals surface area contributed by atoms with E-state index in [2.05, 4.69) is 10.6 Å². The molecular formula is C20H22N2O2. The minimum absolute atomic E-state index is 0.113. The van der Waals surface area contributed by atoms with Crippen molar-refractivity contribution in [1.29, 1.82) is 5.26 Å². The molecule has 2 aliphatic carbocycles. The summed E-state index contributed by atoms with van der Waals surface area (Å²) in [4.78, 5) is 13.0. The van der Waals surface area contributed by atoms with Crippen LogP contribution in [0.2, 0.25) is 0 Å². The van der Waals surface area contributed by atoms with Gasteiger partial charge in [-0.25, -0.2) is 0 Å². The minimum atomic E-state index is 0.113. The number of benzene rings is 1. The molecule has 0 bridgehead atoms. The van der Waals surface area contributed by atoms with Crippen molar-refractivity contribution >= 4 is 10.9 Å². The average Bonchev–Trinajstić information content (AvgIpc) is 3.38. The molecule has 1 heterocycles. The monoisotopic (exact) mass is 322 g/mol. The summed E-state index contributed by atoms with van der Waals surface area (Å²) in [5.41, 5.74) is 3.45. The van der Waals surface area contributed by atoms with Gasteiger partial charge in [-0.15, -0.1) is 0 Å². The van der Waals surface area contributed by atoms with Crippen molar-refractivity contribution in [3.05, 3.63) is 39.7 Å². The summed E-state index contributed by atoms with van der Waals surface area (Å²) in [6.45, 7) is 0.853. The molecule has 24 heavy (non-hydrogen) atoms. The zero-order valence-electron chi connectivity index (χ0n) is 14.1. The number of ether oxygens (including phenoxy) is 1. The lowest BCUT2D eigenvalue weighted by atomic mass is 9.92. The number of methoxy groups -OCH3 is 1. The largest absolute Gasteiger partial charge is 0.497 e. The van der Waals surface area contributed by atoms with Crippen molar-refractivity contribution in [2.45, 2.75) is 51.5 Å². The maximum absolute atomic E-state index is 13.0. The Balaban J connectivity index is 1.95. The summed E-state index contributed by atoms with van der Waals surface area (Å²) in [7, 11) is 1.63. The number of aromatic nitrogens is 1. The topological polar surface area (TPSA) is 55.0 Å². The first-order valence-corrected chi connectivity index (χ1v) is 8.77. The fraction of sp³-hybridized carbons (Fsp3) is 0.500. The molecule has 0 spiro atoms. The summed E-state index contributed by atoms with van der Waals surface area (Å²) in [5, 5.41) is 9.91. The second kappa shape index (κ2) is 5.66. The van der Waals surface area contributed by atoms with Gasteiger partial charge < -0.3 is 9.30 Å². The molecule has 0 amide bonds. The molecule has 4 heteroatoms. The highest BCUT2D eigenvalue weighted by Crippen LogP contribution is 2.50. The van der Waals surface area contributed by atoms with Crippen LogP contribution in [-0.4, -0.2) is 11.7 Å². The molecule has 0 saturated heterocycles. The predicted molar refractivity (Wildman–Crippen MR) is 93.3 cm³/mol. The van der Waals surface area contributed by atoms with Gasteiger partial charge in [0.1, 0.15) is 5.75 Å². The molecule has 124 valence electrons. The van der Waals surface area contributed by atoms with Gasteiger partial charge in [-0.3, -0.25) is 4.79 Å². The number of hydrogen-bond acceptors (Lipinski definition) is 3. The Bertz CT molecular complexity index is 900. The van der Waals surface area contributed by atoms with Crippen LogP contribution in [0.4, 0.5) is 0 Å². The Morgan fingerprint density at radius 3 is 2.79 bits per heavy atom. The summed E-state index contributed by atoms with van der Waals surface area (Å²) in [6.07, 6.45) is 6.88. The van der Waals surface area contributed by atoms with Gasteiger partial charge >= 0.3 is 0 Å². The number of fused-ring (bicyclic) bond motifs is 2. The van der Waals surface area contributed by atoms with Gasteiger partial charge in [0.2, 0.25) is 0 Å². The van der Waals surface area contributed by atoms with Crippen molar-refractivity contribution in [2.24, 2.45) is 5.41 Å². The van der Waals surface area contributed by atoms with Crippen molar-refractivity contribution < 1.29 is 4.74 Å². The lowest BCUT2D eigenvalue weighted by Gasteiger charge is -2.26. The Hall–Kier alpha value is -2.28. The van der Waals surface area contributed by atoms with Gasteiger partial charge in [-0.05, 0) is 56.7 Å². The maximum atomic E-state index is 13.0. The zero-order chi connectivity index (χ0) is 16.7. The molecule has 4 rings (SSSR count). The van der Waals surface area contributed by atoms with Crippen molar-refractivity contribution in [1.82, 2.24) is 4.57 Å². The highest BCUT2D eigenvalue weighted by Gasteiger charge is 2.43. The molecule has 0 radical (unpaired) electrons. The Morgan fingerprint density at radius 1 is 1.29 bits per heavy atom. The van der Waals surface area contributed by atoms with Crippen LogP contribution >= 0.6 is 0 Å². The van der Waals surface area contributed by atoms with E-state index in [1.54, 1.807) is 7.11 Å².